The first-order valence-corrected chi connectivity index (χ1v) is 8.20. The van der Waals surface area contributed by atoms with Gasteiger partial charge in [-0.2, -0.15) is 0 Å². The second-order valence-corrected chi connectivity index (χ2v) is 9.34. The topological polar surface area (TPSA) is 20.2 Å². The highest BCUT2D eigenvalue weighted by Crippen LogP contribution is 1.98. The molecule has 0 bridgehead atoms. The van der Waals surface area contributed by atoms with Gasteiger partial charge in [-0.05, 0) is 12.0 Å². The fourth-order valence-corrected chi connectivity index (χ4v) is 1.25. The molecular formula is C11H20OSi. The number of rotatable bonds is 2. The maximum absolute atomic E-state index is 9.42. The van der Waals surface area contributed by atoms with Gasteiger partial charge in [0.05, 0.1) is 0 Å². The molecule has 0 amide bonds. The Kier molecular flexibility index (Phi) is 5.05. The van der Waals surface area contributed by atoms with E-state index in [0.717, 1.165) is 0 Å². The van der Waals surface area contributed by atoms with Gasteiger partial charge in [0.15, 0.2) is 0 Å². The Labute approximate surface area is 82.9 Å². The van der Waals surface area contributed by atoms with Crippen LogP contribution >= 0.6 is 0 Å². The molecule has 0 aromatic carbocycles. The molecule has 0 heterocycles. The number of hydrogen-bond donors (Lipinski definition) is 1. The molecule has 0 aromatic rings. The first kappa shape index (κ1) is 12.5. The van der Waals surface area contributed by atoms with Crippen molar-refractivity contribution in [2.24, 2.45) is 5.92 Å². The third-order valence-corrected chi connectivity index (χ3v) is 2.17. The van der Waals surface area contributed by atoms with E-state index in [0.29, 0.717) is 5.92 Å². The van der Waals surface area contributed by atoms with Crippen LogP contribution in [0.4, 0.5) is 0 Å². The van der Waals surface area contributed by atoms with Gasteiger partial charge >= 0.3 is 0 Å². The molecule has 1 atom stereocenters. The number of aliphatic hydroxyl groups excluding tert-OH is 1. The minimum Gasteiger partial charge on any atom is -0.377 e. The van der Waals surface area contributed by atoms with Gasteiger partial charge in [-0.1, -0.05) is 45.5 Å². The van der Waals surface area contributed by atoms with Gasteiger partial charge in [0.2, 0.25) is 0 Å². The standard InChI is InChI=1S/C11H20OSi/c1-10(2)6-7-11(12)8-9-13(3,4)5/h6-7,10-12H,1-5H3/b7-6+/t11-/m0/s1. The van der Waals surface area contributed by atoms with Gasteiger partial charge in [-0.25, -0.2) is 0 Å². The number of hydrogen-bond acceptors (Lipinski definition) is 1. The third-order valence-electron chi connectivity index (χ3n) is 1.27. The summed E-state index contributed by atoms with van der Waals surface area (Å²) in [5.41, 5.74) is 3.13. The van der Waals surface area contributed by atoms with Crippen LogP contribution < -0.4 is 0 Å². The molecule has 0 saturated carbocycles. The minimum atomic E-state index is -1.33. The van der Waals surface area contributed by atoms with E-state index in [9.17, 15) is 5.11 Å². The summed E-state index contributed by atoms with van der Waals surface area (Å²) < 4.78 is 0. The second kappa shape index (κ2) is 5.26. The molecule has 0 fully saturated rings. The van der Waals surface area contributed by atoms with E-state index in [2.05, 4.69) is 45.0 Å². The van der Waals surface area contributed by atoms with Crippen molar-refractivity contribution in [3.63, 3.8) is 0 Å². The lowest BCUT2D eigenvalue weighted by molar-refractivity contribution is 0.280. The third kappa shape index (κ3) is 9.39. The van der Waals surface area contributed by atoms with Crippen molar-refractivity contribution in [3.05, 3.63) is 12.2 Å². The van der Waals surface area contributed by atoms with Crippen LogP contribution in [-0.2, 0) is 0 Å². The van der Waals surface area contributed by atoms with Crippen LogP contribution in [-0.4, -0.2) is 19.3 Å². The summed E-state index contributed by atoms with van der Waals surface area (Å²) in [4.78, 5) is 0. The van der Waals surface area contributed by atoms with Gasteiger partial charge in [0.25, 0.3) is 0 Å². The van der Waals surface area contributed by atoms with Gasteiger partial charge in [-0.3, -0.25) is 0 Å². The molecule has 1 nitrogen and oxygen atoms in total. The molecule has 74 valence electrons. The van der Waals surface area contributed by atoms with Crippen molar-refractivity contribution in [1.29, 1.82) is 0 Å². The Balaban J connectivity index is 4.13. The molecule has 13 heavy (non-hydrogen) atoms. The Morgan fingerprint density at radius 1 is 1.15 bits per heavy atom. The van der Waals surface area contributed by atoms with Crippen molar-refractivity contribution < 1.29 is 5.11 Å². The minimum absolute atomic E-state index is 0.475. The van der Waals surface area contributed by atoms with E-state index in [4.69, 9.17) is 0 Å². The average molecular weight is 196 g/mol. The summed E-state index contributed by atoms with van der Waals surface area (Å²) in [6.45, 7) is 10.7. The molecule has 0 saturated heterocycles. The molecule has 0 aromatic heterocycles. The van der Waals surface area contributed by atoms with Gasteiger partial charge in [-0.15, -0.1) is 5.54 Å². The van der Waals surface area contributed by atoms with Crippen LogP contribution in [0.25, 0.3) is 0 Å². The number of aliphatic hydroxyl groups is 1. The summed E-state index contributed by atoms with van der Waals surface area (Å²) >= 11 is 0. The van der Waals surface area contributed by atoms with E-state index in [1.807, 2.05) is 6.08 Å². The molecule has 0 unspecified atom stereocenters. The van der Waals surface area contributed by atoms with Gasteiger partial charge in [0.1, 0.15) is 14.2 Å². The van der Waals surface area contributed by atoms with Gasteiger partial charge in [0, 0.05) is 0 Å². The van der Waals surface area contributed by atoms with E-state index in [-0.39, 0.29) is 0 Å². The quantitative estimate of drug-likeness (QED) is 0.408. The van der Waals surface area contributed by atoms with Crippen molar-refractivity contribution in [1.82, 2.24) is 0 Å². The average Bonchev–Trinajstić information content (AvgIpc) is 1.95. The summed E-state index contributed by atoms with van der Waals surface area (Å²) in [7, 11) is -1.33. The molecule has 0 aliphatic carbocycles. The predicted molar refractivity (Wildman–Crippen MR) is 61.1 cm³/mol. The van der Waals surface area contributed by atoms with Crippen molar-refractivity contribution in [2.75, 3.05) is 0 Å². The zero-order valence-corrected chi connectivity index (χ0v) is 10.3. The smallest absolute Gasteiger partial charge is 0.132 e. The fourth-order valence-electron chi connectivity index (χ4n) is 0.666. The Bertz CT molecular complexity index is 225. The summed E-state index contributed by atoms with van der Waals surface area (Å²) in [5, 5.41) is 9.42. The summed E-state index contributed by atoms with van der Waals surface area (Å²) in [5.74, 6) is 3.33. The fraction of sp³-hybridized carbons (Fsp3) is 0.636. The van der Waals surface area contributed by atoms with Crippen LogP contribution in [0, 0.1) is 17.4 Å². The maximum Gasteiger partial charge on any atom is 0.132 e. The normalized spacial score (nSPS) is 14.4. The monoisotopic (exact) mass is 196 g/mol. The van der Waals surface area contributed by atoms with Crippen LogP contribution in [0.5, 0.6) is 0 Å². The zero-order valence-electron chi connectivity index (χ0n) is 9.26. The Hall–Kier alpha value is -0.523. The van der Waals surface area contributed by atoms with Crippen molar-refractivity contribution in [2.45, 2.75) is 39.6 Å². The van der Waals surface area contributed by atoms with Gasteiger partial charge < -0.3 is 5.11 Å². The molecule has 0 aliphatic rings. The molecule has 1 N–H and O–H groups in total. The van der Waals surface area contributed by atoms with E-state index in [1.165, 1.54) is 0 Å². The van der Waals surface area contributed by atoms with E-state index < -0.39 is 14.2 Å². The van der Waals surface area contributed by atoms with Crippen LogP contribution in [0.1, 0.15) is 13.8 Å². The molecule has 0 aliphatic heterocycles. The SMILES string of the molecule is CC(C)/C=C/[C@H](O)C#C[Si](C)(C)C. The molecule has 0 rings (SSSR count). The lowest BCUT2D eigenvalue weighted by atomic mass is 10.2. The van der Waals surface area contributed by atoms with Crippen molar-refractivity contribution in [3.8, 4) is 11.5 Å². The highest BCUT2D eigenvalue weighted by molar-refractivity contribution is 6.83. The summed E-state index contributed by atoms with van der Waals surface area (Å²) in [6.07, 6.45) is 3.15. The van der Waals surface area contributed by atoms with E-state index in [1.54, 1.807) is 6.08 Å². The Morgan fingerprint density at radius 3 is 2.08 bits per heavy atom. The van der Waals surface area contributed by atoms with E-state index >= 15 is 0 Å². The summed E-state index contributed by atoms with van der Waals surface area (Å²) in [6, 6.07) is 0. The lowest BCUT2D eigenvalue weighted by Crippen LogP contribution is -2.17. The van der Waals surface area contributed by atoms with Crippen LogP contribution in [0.15, 0.2) is 12.2 Å². The second-order valence-electron chi connectivity index (χ2n) is 4.59. The Morgan fingerprint density at radius 2 is 1.69 bits per heavy atom. The van der Waals surface area contributed by atoms with Crippen LogP contribution in [0.3, 0.4) is 0 Å². The zero-order chi connectivity index (χ0) is 10.5. The highest BCUT2D eigenvalue weighted by Gasteiger charge is 2.07. The van der Waals surface area contributed by atoms with Crippen molar-refractivity contribution >= 4 is 8.07 Å². The largest absolute Gasteiger partial charge is 0.377 e. The molecule has 0 radical (unpaired) electrons. The molecular weight excluding hydrogens is 176 g/mol. The molecule has 0 spiro atoms. The molecule has 2 heteroatoms. The lowest BCUT2D eigenvalue weighted by Gasteiger charge is -2.04. The van der Waals surface area contributed by atoms with Crippen LogP contribution in [0.2, 0.25) is 19.6 Å². The first-order valence-electron chi connectivity index (χ1n) is 4.70. The number of allylic oxidation sites excluding steroid dienone is 1. The predicted octanol–water partition coefficient (Wildman–Crippen LogP) is 2.44. The maximum atomic E-state index is 9.42. The highest BCUT2D eigenvalue weighted by atomic mass is 28.3. The first-order chi connectivity index (χ1) is 5.81.